The molecule has 3 aliphatic rings. The number of carbonyl (C=O) groups is 2. The van der Waals surface area contributed by atoms with E-state index in [2.05, 4.69) is 5.32 Å². The molecule has 1 atom stereocenters. The molecule has 116 valence electrons. The minimum absolute atomic E-state index is 0.00934. The highest BCUT2D eigenvalue weighted by atomic mass is 35.5. The molecule has 1 aliphatic carbocycles. The lowest BCUT2D eigenvalue weighted by Gasteiger charge is -2.31. The summed E-state index contributed by atoms with van der Waals surface area (Å²) in [6, 6.07) is 5.76. The zero-order chi connectivity index (χ0) is 15.3. The monoisotopic (exact) mass is 336 g/mol. The molecule has 2 aliphatic heterocycles. The Morgan fingerprint density at radius 2 is 2.14 bits per heavy atom. The summed E-state index contributed by atoms with van der Waals surface area (Å²) >= 11 is 7.57. The van der Waals surface area contributed by atoms with E-state index in [1.165, 1.54) is 24.6 Å². The van der Waals surface area contributed by atoms with Gasteiger partial charge in [-0.3, -0.25) is 14.5 Å². The summed E-state index contributed by atoms with van der Waals surface area (Å²) in [6.07, 6.45) is 5.39. The van der Waals surface area contributed by atoms with Gasteiger partial charge in [-0.2, -0.15) is 0 Å². The number of benzene rings is 1. The van der Waals surface area contributed by atoms with Crippen molar-refractivity contribution in [3.05, 3.63) is 23.2 Å². The Kier molecular flexibility index (Phi) is 3.38. The van der Waals surface area contributed by atoms with Crippen LogP contribution in [0.3, 0.4) is 0 Å². The van der Waals surface area contributed by atoms with Crippen molar-refractivity contribution in [2.45, 2.75) is 54.3 Å². The first kappa shape index (κ1) is 14.4. The molecule has 2 amide bonds. The third-order valence-electron chi connectivity index (χ3n) is 4.77. The number of nitrogens with zero attached hydrogens (tertiary/aromatic N) is 1. The Hall–Kier alpha value is -1.20. The van der Waals surface area contributed by atoms with Gasteiger partial charge >= 0.3 is 0 Å². The van der Waals surface area contributed by atoms with Gasteiger partial charge < -0.3 is 5.32 Å². The fraction of sp³-hybridized carbons (Fsp3) is 0.500. The fourth-order valence-corrected chi connectivity index (χ4v) is 5.26. The number of halogens is 1. The van der Waals surface area contributed by atoms with Gasteiger partial charge in [0.05, 0.1) is 5.69 Å². The highest BCUT2D eigenvalue weighted by molar-refractivity contribution is 8.02. The number of anilines is 1. The van der Waals surface area contributed by atoms with Crippen LogP contribution in [0.5, 0.6) is 0 Å². The van der Waals surface area contributed by atoms with E-state index in [0.717, 1.165) is 23.4 Å². The van der Waals surface area contributed by atoms with Crippen LogP contribution in [0, 0.1) is 0 Å². The minimum Gasteiger partial charge on any atom is -0.351 e. The van der Waals surface area contributed by atoms with Gasteiger partial charge in [0.1, 0.15) is 0 Å². The van der Waals surface area contributed by atoms with Crippen LogP contribution in [0.15, 0.2) is 23.1 Å². The topological polar surface area (TPSA) is 49.4 Å². The lowest BCUT2D eigenvalue weighted by atomic mass is 10.1. The van der Waals surface area contributed by atoms with Gasteiger partial charge in [0.15, 0.2) is 4.87 Å². The molecule has 1 aromatic rings. The second-order valence-corrected chi connectivity index (χ2v) is 7.94. The SMILES string of the molecule is O=C1CC[C@]2(C(=O)NC3CCCC3)Sc3ccc(Cl)cc3N12. The first-order valence-corrected chi connectivity index (χ1v) is 8.92. The van der Waals surface area contributed by atoms with Crippen molar-refractivity contribution in [1.82, 2.24) is 5.32 Å². The van der Waals surface area contributed by atoms with Crippen molar-refractivity contribution in [2.24, 2.45) is 0 Å². The van der Waals surface area contributed by atoms with Crippen molar-refractivity contribution >= 4 is 40.9 Å². The predicted molar refractivity (Wildman–Crippen MR) is 87.2 cm³/mol. The van der Waals surface area contributed by atoms with Crippen LogP contribution in [-0.2, 0) is 9.59 Å². The van der Waals surface area contributed by atoms with Crippen molar-refractivity contribution in [2.75, 3.05) is 4.90 Å². The van der Waals surface area contributed by atoms with Gasteiger partial charge in [0, 0.05) is 22.4 Å². The summed E-state index contributed by atoms with van der Waals surface area (Å²) < 4.78 is 0. The van der Waals surface area contributed by atoms with Crippen LogP contribution in [0.2, 0.25) is 5.02 Å². The van der Waals surface area contributed by atoms with E-state index in [9.17, 15) is 9.59 Å². The fourth-order valence-electron chi connectivity index (χ4n) is 3.69. The maximum absolute atomic E-state index is 12.9. The number of hydrogen-bond acceptors (Lipinski definition) is 3. The molecule has 6 heteroatoms. The summed E-state index contributed by atoms with van der Waals surface area (Å²) in [7, 11) is 0. The van der Waals surface area contributed by atoms with Gasteiger partial charge in [-0.25, -0.2) is 0 Å². The van der Waals surface area contributed by atoms with Gasteiger partial charge in [-0.15, -0.1) is 0 Å². The van der Waals surface area contributed by atoms with Gasteiger partial charge in [-0.1, -0.05) is 36.2 Å². The third-order valence-corrected chi connectivity index (χ3v) is 6.48. The molecule has 2 fully saturated rings. The average Bonchev–Trinajstić information content (AvgIpc) is 3.16. The molecule has 4 rings (SSSR count). The molecule has 0 aromatic heterocycles. The lowest BCUT2D eigenvalue weighted by Crippen LogP contribution is -2.54. The number of fused-ring (bicyclic) bond motifs is 3. The van der Waals surface area contributed by atoms with Crippen LogP contribution in [0.1, 0.15) is 38.5 Å². The van der Waals surface area contributed by atoms with Gasteiger partial charge in [0.2, 0.25) is 5.91 Å². The molecular formula is C16H17ClN2O2S. The first-order chi connectivity index (χ1) is 10.6. The average molecular weight is 337 g/mol. The summed E-state index contributed by atoms with van der Waals surface area (Å²) in [5, 5.41) is 3.76. The highest BCUT2D eigenvalue weighted by Gasteiger charge is 2.57. The zero-order valence-corrected chi connectivity index (χ0v) is 13.7. The quantitative estimate of drug-likeness (QED) is 0.901. The maximum Gasteiger partial charge on any atom is 0.257 e. The lowest BCUT2D eigenvalue weighted by molar-refractivity contribution is -0.125. The molecule has 2 heterocycles. The van der Waals surface area contributed by atoms with E-state index >= 15 is 0 Å². The largest absolute Gasteiger partial charge is 0.351 e. The smallest absolute Gasteiger partial charge is 0.257 e. The van der Waals surface area contributed by atoms with Crippen molar-refractivity contribution in [1.29, 1.82) is 0 Å². The van der Waals surface area contributed by atoms with Crippen LogP contribution in [-0.4, -0.2) is 22.7 Å². The molecule has 1 saturated heterocycles. The Morgan fingerprint density at radius 1 is 1.36 bits per heavy atom. The molecule has 4 nitrogen and oxygen atoms in total. The summed E-state index contributed by atoms with van der Waals surface area (Å²) in [6.45, 7) is 0. The summed E-state index contributed by atoms with van der Waals surface area (Å²) in [5.41, 5.74) is 0.779. The molecule has 1 N–H and O–H groups in total. The second kappa shape index (κ2) is 5.17. The number of rotatable bonds is 2. The van der Waals surface area contributed by atoms with Gasteiger partial charge in [0.25, 0.3) is 5.91 Å². The molecule has 0 bridgehead atoms. The van der Waals surface area contributed by atoms with E-state index in [1.54, 1.807) is 11.0 Å². The van der Waals surface area contributed by atoms with E-state index < -0.39 is 4.87 Å². The minimum atomic E-state index is -0.813. The molecule has 0 radical (unpaired) electrons. The van der Waals surface area contributed by atoms with E-state index in [1.807, 2.05) is 12.1 Å². The maximum atomic E-state index is 12.9. The summed E-state index contributed by atoms with van der Waals surface area (Å²) in [5.74, 6) is -0.0161. The standard InChI is InChI=1S/C16H17ClN2O2S/c17-10-5-6-13-12(9-10)19-14(20)7-8-16(19,22-13)15(21)18-11-3-1-2-4-11/h5-6,9,11H,1-4,7-8H2,(H,18,21)/t16-/m1/s1. The summed E-state index contributed by atoms with van der Waals surface area (Å²) in [4.78, 5) is 27.1. The molecule has 0 spiro atoms. The van der Waals surface area contributed by atoms with Crippen LogP contribution >= 0.6 is 23.4 Å². The second-order valence-electron chi connectivity index (χ2n) is 6.18. The molecule has 0 unspecified atom stereocenters. The molecule has 1 saturated carbocycles. The van der Waals surface area contributed by atoms with Crippen molar-refractivity contribution < 1.29 is 9.59 Å². The van der Waals surface area contributed by atoms with E-state index in [0.29, 0.717) is 17.9 Å². The Labute approximate surface area is 138 Å². The molecule has 22 heavy (non-hydrogen) atoms. The van der Waals surface area contributed by atoms with Crippen molar-refractivity contribution in [3.63, 3.8) is 0 Å². The number of nitrogens with one attached hydrogen (secondary N) is 1. The van der Waals surface area contributed by atoms with Gasteiger partial charge in [-0.05, 0) is 37.5 Å². The number of thioether (sulfide) groups is 1. The Morgan fingerprint density at radius 3 is 2.91 bits per heavy atom. The van der Waals surface area contributed by atoms with Crippen LogP contribution in [0.25, 0.3) is 0 Å². The van der Waals surface area contributed by atoms with Crippen LogP contribution < -0.4 is 10.2 Å². The highest BCUT2D eigenvalue weighted by Crippen LogP contribution is 2.56. The third kappa shape index (κ3) is 2.06. The molecular weight excluding hydrogens is 320 g/mol. The normalized spacial score (nSPS) is 27.1. The Bertz CT molecular complexity index is 660. The first-order valence-electron chi connectivity index (χ1n) is 7.73. The van der Waals surface area contributed by atoms with E-state index in [4.69, 9.17) is 11.6 Å². The van der Waals surface area contributed by atoms with Crippen LogP contribution in [0.4, 0.5) is 5.69 Å². The number of hydrogen-bond donors (Lipinski definition) is 1. The zero-order valence-electron chi connectivity index (χ0n) is 12.1. The predicted octanol–water partition coefficient (Wildman–Crippen LogP) is 3.33. The van der Waals surface area contributed by atoms with E-state index in [-0.39, 0.29) is 17.9 Å². The number of carbonyl (C=O) groups excluding carboxylic acids is 2. The number of amides is 2. The van der Waals surface area contributed by atoms with Crippen molar-refractivity contribution in [3.8, 4) is 0 Å². The Balaban J connectivity index is 1.68. The molecule has 1 aromatic carbocycles.